The molecule has 0 bridgehead atoms. The first-order chi connectivity index (χ1) is 11.8. The summed E-state index contributed by atoms with van der Waals surface area (Å²) in [5.41, 5.74) is 2.97. The van der Waals surface area contributed by atoms with Crippen molar-refractivity contribution >= 4 is 11.7 Å². The molecule has 0 spiro atoms. The van der Waals surface area contributed by atoms with Crippen molar-refractivity contribution in [3.63, 3.8) is 0 Å². The first-order valence-corrected chi connectivity index (χ1v) is 7.82. The van der Waals surface area contributed by atoms with Crippen LogP contribution < -0.4 is 10.6 Å². The summed E-state index contributed by atoms with van der Waals surface area (Å²) in [4.78, 5) is 16.4. The van der Waals surface area contributed by atoms with Crippen molar-refractivity contribution in [1.29, 1.82) is 0 Å². The van der Waals surface area contributed by atoms with Gasteiger partial charge in [-0.25, -0.2) is 14.5 Å². The number of anilines is 1. The Morgan fingerprint density at radius 2 is 2.29 bits per heavy atom. The van der Waals surface area contributed by atoms with Crippen LogP contribution in [0.5, 0.6) is 0 Å². The van der Waals surface area contributed by atoms with E-state index in [0.29, 0.717) is 11.5 Å². The standard InChI is InChI=1S/C16H17N7O/c24-16(20-12-4-5-14-11(7-12)8-18-22-14)21-13-9-19-23(10-13)15-3-1-2-6-17-15/h1-3,6,8-10,12H,4-5,7H2,(H,18,22)(H2,20,21,24)/t12-/m1/s1. The highest BCUT2D eigenvalue weighted by molar-refractivity contribution is 5.89. The lowest BCUT2D eigenvalue weighted by Gasteiger charge is -2.22. The molecule has 0 saturated carbocycles. The lowest BCUT2D eigenvalue weighted by molar-refractivity contribution is 0.247. The number of H-pyrrole nitrogens is 1. The van der Waals surface area contributed by atoms with Crippen molar-refractivity contribution in [2.24, 2.45) is 0 Å². The molecule has 122 valence electrons. The predicted octanol–water partition coefficient (Wildman–Crippen LogP) is 1.67. The fraction of sp³-hybridized carbons (Fsp3) is 0.250. The highest BCUT2D eigenvalue weighted by atomic mass is 16.2. The maximum atomic E-state index is 12.2. The minimum Gasteiger partial charge on any atom is -0.335 e. The summed E-state index contributed by atoms with van der Waals surface area (Å²) in [6.45, 7) is 0. The zero-order chi connectivity index (χ0) is 16.4. The van der Waals surface area contributed by atoms with Crippen LogP contribution in [-0.4, -0.2) is 37.0 Å². The van der Waals surface area contributed by atoms with Crippen LogP contribution >= 0.6 is 0 Å². The normalized spacial score (nSPS) is 16.4. The Morgan fingerprint density at radius 3 is 3.17 bits per heavy atom. The number of pyridine rings is 1. The van der Waals surface area contributed by atoms with Gasteiger partial charge in [-0.1, -0.05) is 6.07 Å². The average Bonchev–Trinajstić information content (AvgIpc) is 3.24. The lowest BCUT2D eigenvalue weighted by Crippen LogP contribution is -2.41. The van der Waals surface area contributed by atoms with E-state index < -0.39 is 0 Å². The number of aromatic amines is 1. The number of rotatable bonds is 3. The highest BCUT2D eigenvalue weighted by Crippen LogP contribution is 2.19. The topological polar surface area (TPSA) is 101 Å². The Morgan fingerprint density at radius 1 is 1.33 bits per heavy atom. The second kappa shape index (κ2) is 6.15. The summed E-state index contributed by atoms with van der Waals surface area (Å²) < 4.78 is 1.62. The van der Waals surface area contributed by atoms with E-state index in [1.807, 2.05) is 24.4 Å². The van der Waals surface area contributed by atoms with Gasteiger partial charge in [0.2, 0.25) is 0 Å². The number of hydrogen-bond donors (Lipinski definition) is 3. The van der Waals surface area contributed by atoms with Crippen LogP contribution in [-0.2, 0) is 12.8 Å². The Hall–Kier alpha value is -3.16. The number of fused-ring (bicyclic) bond motifs is 1. The van der Waals surface area contributed by atoms with Gasteiger partial charge >= 0.3 is 6.03 Å². The van der Waals surface area contributed by atoms with Crippen LogP contribution in [0.4, 0.5) is 10.5 Å². The van der Waals surface area contributed by atoms with Gasteiger partial charge in [-0.05, 0) is 37.0 Å². The number of aromatic nitrogens is 5. The van der Waals surface area contributed by atoms with Crippen LogP contribution in [0.2, 0.25) is 0 Å². The molecule has 8 heteroatoms. The van der Waals surface area contributed by atoms with Crippen molar-refractivity contribution < 1.29 is 4.79 Å². The molecule has 0 fully saturated rings. The van der Waals surface area contributed by atoms with Crippen molar-refractivity contribution in [3.8, 4) is 5.82 Å². The molecule has 3 aromatic rings. The van der Waals surface area contributed by atoms with Gasteiger partial charge in [0.15, 0.2) is 5.82 Å². The molecular formula is C16H17N7O. The van der Waals surface area contributed by atoms with Gasteiger partial charge in [-0.2, -0.15) is 10.2 Å². The molecule has 0 aromatic carbocycles. The van der Waals surface area contributed by atoms with E-state index in [1.54, 1.807) is 23.3 Å². The monoisotopic (exact) mass is 323 g/mol. The lowest BCUT2D eigenvalue weighted by atomic mass is 9.94. The van der Waals surface area contributed by atoms with Gasteiger partial charge in [-0.3, -0.25) is 5.10 Å². The number of nitrogens with zero attached hydrogens (tertiary/aromatic N) is 4. The minimum atomic E-state index is -0.229. The van der Waals surface area contributed by atoms with Crippen molar-refractivity contribution in [3.05, 3.63) is 54.2 Å². The SMILES string of the molecule is O=C(Nc1cnn(-c2ccccn2)c1)N[C@@H]1CCc2[nH]ncc2C1. The van der Waals surface area contributed by atoms with Gasteiger partial charge in [0.25, 0.3) is 0 Å². The number of carbonyl (C=O) groups excluding carboxylic acids is 1. The predicted molar refractivity (Wildman–Crippen MR) is 87.9 cm³/mol. The number of carbonyl (C=O) groups is 1. The number of urea groups is 1. The van der Waals surface area contributed by atoms with Crippen LogP contribution in [0.15, 0.2) is 43.0 Å². The maximum absolute atomic E-state index is 12.2. The fourth-order valence-electron chi connectivity index (χ4n) is 2.89. The minimum absolute atomic E-state index is 0.112. The largest absolute Gasteiger partial charge is 0.335 e. The molecule has 0 unspecified atom stereocenters. The Kier molecular flexibility index (Phi) is 3.70. The number of nitrogens with one attached hydrogen (secondary N) is 3. The number of aryl methyl sites for hydroxylation is 1. The molecule has 1 aliphatic rings. The van der Waals surface area contributed by atoms with Gasteiger partial charge in [-0.15, -0.1) is 0 Å². The molecule has 24 heavy (non-hydrogen) atoms. The van der Waals surface area contributed by atoms with E-state index in [4.69, 9.17) is 0 Å². The molecular weight excluding hydrogens is 306 g/mol. The van der Waals surface area contributed by atoms with E-state index in [1.165, 1.54) is 11.3 Å². The van der Waals surface area contributed by atoms with E-state index in [9.17, 15) is 4.79 Å². The molecule has 8 nitrogen and oxygen atoms in total. The third kappa shape index (κ3) is 2.98. The summed E-state index contributed by atoms with van der Waals surface area (Å²) in [6.07, 6.45) is 9.46. The van der Waals surface area contributed by atoms with E-state index in [0.717, 1.165) is 19.3 Å². The van der Waals surface area contributed by atoms with Crippen molar-refractivity contribution in [2.45, 2.75) is 25.3 Å². The zero-order valence-corrected chi connectivity index (χ0v) is 12.9. The first-order valence-electron chi connectivity index (χ1n) is 7.82. The highest BCUT2D eigenvalue weighted by Gasteiger charge is 2.21. The third-order valence-electron chi connectivity index (χ3n) is 4.08. The van der Waals surface area contributed by atoms with Crippen LogP contribution in [0.25, 0.3) is 5.82 Å². The third-order valence-corrected chi connectivity index (χ3v) is 4.08. The summed E-state index contributed by atoms with van der Waals surface area (Å²) in [5, 5.41) is 17.1. The molecule has 3 heterocycles. The Bertz CT molecular complexity index is 839. The summed E-state index contributed by atoms with van der Waals surface area (Å²) in [5.74, 6) is 0.700. The first kappa shape index (κ1) is 14.4. The van der Waals surface area contributed by atoms with Gasteiger partial charge in [0.1, 0.15) is 0 Å². The molecule has 0 saturated heterocycles. The summed E-state index contributed by atoms with van der Waals surface area (Å²) in [7, 11) is 0. The zero-order valence-electron chi connectivity index (χ0n) is 12.9. The van der Waals surface area contributed by atoms with Gasteiger partial charge in [0.05, 0.1) is 24.3 Å². The quantitative estimate of drug-likeness (QED) is 0.682. The Labute approximate surface area is 138 Å². The second-order valence-electron chi connectivity index (χ2n) is 5.77. The molecule has 3 aromatic heterocycles. The van der Waals surface area contributed by atoms with Crippen LogP contribution in [0, 0.1) is 0 Å². The fourth-order valence-corrected chi connectivity index (χ4v) is 2.89. The van der Waals surface area contributed by atoms with E-state index in [-0.39, 0.29) is 12.1 Å². The summed E-state index contributed by atoms with van der Waals surface area (Å²) in [6, 6.07) is 5.46. The molecule has 1 aliphatic carbocycles. The van der Waals surface area contributed by atoms with Crippen molar-refractivity contribution in [1.82, 2.24) is 30.3 Å². The molecule has 0 radical (unpaired) electrons. The molecule has 4 rings (SSSR count). The van der Waals surface area contributed by atoms with Crippen LogP contribution in [0.3, 0.4) is 0 Å². The molecule has 0 aliphatic heterocycles. The second-order valence-corrected chi connectivity index (χ2v) is 5.77. The van der Waals surface area contributed by atoms with Gasteiger partial charge < -0.3 is 10.6 Å². The number of amides is 2. The molecule has 2 amide bonds. The van der Waals surface area contributed by atoms with Crippen LogP contribution in [0.1, 0.15) is 17.7 Å². The van der Waals surface area contributed by atoms with Gasteiger partial charge in [0, 0.05) is 17.9 Å². The molecule has 3 N–H and O–H groups in total. The van der Waals surface area contributed by atoms with E-state index in [2.05, 4.69) is 30.9 Å². The summed E-state index contributed by atoms with van der Waals surface area (Å²) >= 11 is 0. The molecule has 1 atom stereocenters. The van der Waals surface area contributed by atoms with Crippen molar-refractivity contribution in [2.75, 3.05) is 5.32 Å². The average molecular weight is 323 g/mol. The smallest absolute Gasteiger partial charge is 0.319 e. The maximum Gasteiger partial charge on any atom is 0.319 e. The Balaban J connectivity index is 1.36. The van der Waals surface area contributed by atoms with E-state index >= 15 is 0 Å². The number of hydrogen-bond acceptors (Lipinski definition) is 4.